The lowest BCUT2D eigenvalue weighted by atomic mass is 10.3. The van der Waals surface area contributed by atoms with Gasteiger partial charge in [0.05, 0.1) is 10.6 Å². The van der Waals surface area contributed by atoms with Crippen molar-refractivity contribution in [1.29, 1.82) is 0 Å². The molecule has 1 atom stereocenters. The first-order valence-corrected chi connectivity index (χ1v) is 6.40. The van der Waals surface area contributed by atoms with Gasteiger partial charge in [-0.15, -0.1) is 0 Å². The lowest BCUT2D eigenvalue weighted by Gasteiger charge is -2.12. The van der Waals surface area contributed by atoms with E-state index in [9.17, 15) is 18.0 Å². The molecule has 5 nitrogen and oxygen atoms in total. The lowest BCUT2D eigenvalue weighted by Crippen LogP contribution is -2.36. The van der Waals surface area contributed by atoms with Crippen LogP contribution in [0.15, 0.2) is 12.3 Å². The van der Waals surface area contributed by atoms with Gasteiger partial charge in [-0.25, -0.2) is 4.98 Å². The molecule has 0 saturated heterocycles. The first-order chi connectivity index (χ1) is 9.75. The van der Waals surface area contributed by atoms with Crippen molar-refractivity contribution in [2.45, 2.75) is 19.2 Å². The Hall–Kier alpha value is -1.54. The van der Waals surface area contributed by atoms with E-state index in [-0.39, 0.29) is 29.8 Å². The average molecular weight is 326 g/mol. The maximum absolute atomic E-state index is 12.4. The molecule has 0 saturated carbocycles. The third-order valence-corrected chi connectivity index (χ3v) is 2.90. The van der Waals surface area contributed by atoms with E-state index >= 15 is 0 Å². The van der Waals surface area contributed by atoms with Crippen LogP contribution in [0.2, 0.25) is 5.02 Å². The molecule has 0 aliphatic carbocycles. The van der Waals surface area contributed by atoms with Crippen LogP contribution >= 0.6 is 11.6 Å². The molecule has 1 aromatic heterocycles. The van der Waals surface area contributed by atoms with E-state index < -0.39 is 17.8 Å². The fourth-order valence-electron chi connectivity index (χ4n) is 1.34. The molecular weight excluding hydrogens is 311 g/mol. The Morgan fingerprint density at radius 1 is 1.48 bits per heavy atom. The SMILES string of the molecule is CO[C@@H](C)C(=O)NCCNc1ncc(C(F)(F)F)cc1Cl. The molecule has 0 aliphatic heterocycles. The Kier molecular flexibility index (Phi) is 6.22. The quantitative estimate of drug-likeness (QED) is 0.788. The maximum atomic E-state index is 12.4. The molecule has 0 radical (unpaired) electrons. The molecular formula is C12H15ClF3N3O2. The number of aromatic nitrogens is 1. The van der Waals surface area contributed by atoms with E-state index in [1.165, 1.54) is 7.11 Å². The molecule has 0 aliphatic rings. The standard InChI is InChI=1S/C12H15ClF3N3O2/c1-7(21-2)11(20)18-4-3-17-10-9(13)5-8(6-19-10)12(14,15)16/h5-7H,3-4H2,1-2H3,(H,17,19)(H,18,20)/t7-/m0/s1. The van der Waals surface area contributed by atoms with E-state index in [1.54, 1.807) is 6.92 Å². The summed E-state index contributed by atoms with van der Waals surface area (Å²) in [6.07, 6.45) is -4.36. The first kappa shape index (κ1) is 17.5. The van der Waals surface area contributed by atoms with Gasteiger partial charge in [0.2, 0.25) is 5.91 Å². The van der Waals surface area contributed by atoms with Crippen molar-refractivity contribution in [3.05, 3.63) is 22.8 Å². The minimum Gasteiger partial charge on any atom is -0.372 e. The number of alkyl halides is 3. The van der Waals surface area contributed by atoms with Crippen LogP contribution in [-0.4, -0.2) is 37.2 Å². The third-order valence-electron chi connectivity index (χ3n) is 2.61. The largest absolute Gasteiger partial charge is 0.417 e. The highest BCUT2D eigenvalue weighted by molar-refractivity contribution is 6.32. The molecule has 0 fully saturated rings. The van der Waals surface area contributed by atoms with Gasteiger partial charge >= 0.3 is 6.18 Å². The van der Waals surface area contributed by atoms with Crippen molar-refractivity contribution < 1.29 is 22.7 Å². The van der Waals surface area contributed by atoms with Crippen LogP contribution in [0.3, 0.4) is 0 Å². The highest BCUT2D eigenvalue weighted by Gasteiger charge is 2.31. The molecule has 2 N–H and O–H groups in total. The molecule has 0 bridgehead atoms. The molecule has 1 aromatic rings. The summed E-state index contributed by atoms with van der Waals surface area (Å²) in [5.41, 5.74) is -0.916. The summed E-state index contributed by atoms with van der Waals surface area (Å²) in [5, 5.41) is 5.18. The molecule has 1 rings (SSSR count). The van der Waals surface area contributed by atoms with Crippen molar-refractivity contribution in [2.75, 3.05) is 25.5 Å². The van der Waals surface area contributed by atoms with Crippen molar-refractivity contribution >= 4 is 23.3 Å². The number of nitrogens with zero attached hydrogens (tertiary/aromatic N) is 1. The third kappa shape index (κ3) is 5.39. The van der Waals surface area contributed by atoms with E-state index in [0.29, 0.717) is 6.20 Å². The average Bonchev–Trinajstić information content (AvgIpc) is 2.42. The number of rotatable bonds is 6. The van der Waals surface area contributed by atoms with E-state index in [2.05, 4.69) is 15.6 Å². The van der Waals surface area contributed by atoms with Crippen LogP contribution in [0.4, 0.5) is 19.0 Å². The molecule has 1 amide bonds. The Morgan fingerprint density at radius 2 is 2.14 bits per heavy atom. The second-order valence-electron chi connectivity index (χ2n) is 4.15. The van der Waals surface area contributed by atoms with Gasteiger partial charge in [0.15, 0.2) is 0 Å². The van der Waals surface area contributed by atoms with Crippen molar-refractivity contribution in [3.63, 3.8) is 0 Å². The minimum atomic E-state index is -4.49. The number of anilines is 1. The Bertz CT molecular complexity index is 497. The van der Waals surface area contributed by atoms with Gasteiger partial charge in [0.1, 0.15) is 11.9 Å². The number of halogens is 4. The number of amides is 1. The fourth-order valence-corrected chi connectivity index (χ4v) is 1.57. The molecule has 1 heterocycles. The van der Waals surface area contributed by atoms with Crippen LogP contribution in [0.5, 0.6) is 0 Å². The topological polar surface area (TPSA) is 63.2 Å². The van der Waals surface area contributed by atoms with Crippen LogP contribution < -0.4 is 10.6 Å². The highest BCUT2D eigenvalue weighted by Crippen LogP contribution is 2.32. The summed E-state index contributed by atoms with van der Waals surface area (Å²) in [6, 6.07) is 0.794. The van der Waals surface area contributed by atoms with Crippen LogP contribution in [0.1, 0.15) is 12.5 Å². The number of carbonyl (C=O) groups is 1. The summed E-state index contributed by atoms with van der Waals surface area (Å²) in [5.74, 6) is -0.163. The lowest BCUT2D eigenvalue weighted by molar-refractivity contribution is -0.137. The monoisotopic (exact) mass is 325 g/mol. The summed E-state index contributed by atoms with van der Waals surface area (Å²) in [7, 11) is 1.41. The van der Waals surface area contributed by atoms with Crippen molar-refractivity contribution in [2.24, 2.45) is 0 Å². The molecule has 21 heavy (non-hydrogen) atoms. The van der Waals surface area contributed by atoms with Crippen LogP contribution in [-0.2, 0) is 15.7 Å². The molecule has 9 heteroatoms. The zero-order valence-corrected chi connectivity index (χ0v) is 12.2. The summed E-state index contributed by atoms with van der Waals surface area (Å²) >= 11 is 5.72. The Morgan fingerprint density at radius 3 is 2.67 bits per heavy atom. The predicted molar refractivity (Wildman–Crippen MR) is 72.2 cm³/mol. The number of methoxy groups -OCH3 is 1. The molecule has 0 unspecified atom stereocenters. The zero-order valence-electron chi connectivity index (χ0n) is 11.4. The highest BCUT2D eigenvalue weighted by atomic mass is 35.5. The van der Waals surface area contributed by atoms with Crippen molar-refractivity contribution in [3.8, 4) is 0 Å². The number of pyridine rings is 1. The number of ether oxygens (including phenoxy) is 1. The zero-order chi connectivity index (χ0) is 16.0. The summed E-state index contributed by atoms with van der Waals surface area (Å²) in [6.45, 7) is 2.11. The van der Waals surface area contributed by atoms with Gasteiger partial charge in [-0.2, -0.15) is 13.2 Å². The number of nitrogens with one attached hydrogen (secondary N) is 2. The van der Waals surface area contributed by atoms with Crippen LogP contribution in [0.25, 0.3) is 0 Å². The number of carbonyl (C=O) groups excluding carboxylic acids is 1. The van der Waals surface area contributed by atoms with Gasteiger partial charge < -0.3 is 15.4 Å². The second-order valence-corrected chi connectivity index (χ2v) is 4.56. The Labute approximate surface area is 124 Å². The Balaban J connectivity index is 2.48. The van der Waals surface area contributed by atoms with Gasteiger partial charge in [-0.05, 0) is 13.0 Å². The molecule has 0 aromatic carbocycles. The predicted octanol–water partition coefficient (Wildman–Crippen LogP) is 2.32. The summed E-state index contributed by atoms with van der Waals surface area (Å²) < 4.78 is 42.1. The number of hydrogen-bond acceptors (Lipinski definition) is 4. The minimum absolute atomic E-state index is 0.124. The normalized spacial score (nSPS) is 12.9. The smallest absolute Gasteiger partial charge is 0.372 e. The maximum Gasteiger partial charge on any atom is 0.417 e. The van der Waals surface area contributed by atoms with E-state index in [4.69, 9.17) is 16.3 Å². The van der Waals surface area contributed by atoms with Gasteiger partial charge in [-0.1, -0.05) is 11.6 Å². The second kappa shape index (κ2) is 7.46. The van der Waals surface area contributed by atoms with Crippen molar-refractivity contribution in [1.82, 2.24) is 10.3 Å². The first-order valence-electron chi connectivity index (χ1n) is 6.02. The van der Waals surface area contributed by atoms with Gasteiger partial charge in [0, 0.05) is 26.4 Å². The van der Waals surface area contributed by atoms with E-state index in [0.717, 1.165) is 6.07 Å². The number of hydrogen-bond donors (Lipinski definition) is 2. The van der Waals surface area contributed by atoms with E-state index in [1.807, 2.05) is 0 Å². The fraction of sp³-hybridized carbons (Fsp3) is 0.500. The molecule has 0 spiro atoms. The molecule has 118 valence electrons. The van der Waals surface area contributed by atoms with Gasteiger partial charge in [0.25, 0.3) is 0 Å². The summed E-state index contributed by atoms with van der Waals surface area (Å²) in [4.78, 5) is 15.0. The van der Waals surface area contributed by atoms with Crippen LogP contribution in [0, 0.1) is 0 Å². The van der Waals surface area contributed by atoms with Gasteiger partial charge in [-0.3, -0.25) is 4.79 Å².